The number of anilines is 3. The van der Waals surface area contributed by atoms with Crippen molar-refractivity contribution in [3.8, 4) is 0 Å². The van der Waals surface area contributed by atoms with Gasteiger partial charge < -0.3 is 16.0 Å². The number of carbonyl (C=O) groups excluding carboxylic acids is 1. The van der Waals surface area contributed by atoms with Crippen molar-refractivity contribution in [1.82, 2.24) is 4.98 Å². The van der Waals surface area contributed by atoms with Crippen LogP contribution >= 0.6 is 35.2 Å². The van der Waals surface area contributed by atoms with Crippen LogP contribution in [0.1, 0.15) is 40.8 Å². The molecule has 3 rings (SSSR count). The Balaban J connectivity index is 1.59. The van der Waals surface area contributed by atoms with Crippen LogP contribution in [0.15, 0.2) is 47.8 Å². The van der Waals surface area contributed by atoms with Crippen molar-refractivity contribution in [1.29, 1.82) is 0 Å². The number of alkyl halides is 3. The molecule has 0 spiro atoms. The van der Waals surface area contributed by atoms with Crippen LogP contribution in [0.25, 0.3) is 0 Å². The van der Waals surface area contributed by atoms with Crippen LogP contribution < -0.4 is 16.0 Å². The van der Waals surface area contributed by atoms with E-state index < -0.39 is 16.8 Å². The molecule has 0 saturated heterocycles. The minimum atomic E-state index is -4.57. The van der Waals surface area contributed by atoms with Gasteiger partial charge in [0.25, 0.3) is 5.91 Å². The number of nitrogens with zero attached hydrogens (tertiary/aromatic N) is 1. The molecule has 1 aromatic heterocycles. The van der Waals surface area contributed by atoms with Crippen LogP contribution in [-0.2, 0) is 6.18 Å². The summed E-state index contributed by atoms with van der Waals surface area (Å²) in [4.78, 5) is 16.7. The van der Waals surface area contributed by atoms with Gasteiger partial charge in [-0.2, -0.15) is 13.2 Å². The van der Waals surface area contributed by atoms with E-state index in [4.69, 9.17) is 23.8 Å². The van der Waals surface area contributed by atoms with Gasteiger partial charge in [-0.05, 0) is 54.7 Å². The summed E-state index contributed by atoms with van der Waals surface area (Å²) in [5.74, 6) is -0.0634. The first-order chi connectivity index (χ1) is 15.0. The second kappa shape index (κ2) is 9.85. The van der Waals surface area contributed by atoms with E-state index in [9.17, 15) is 18.0 Å². The zero-order valence-corrected chi connectivity index (χ0v) is 19.3. The number of aromatic nitrogens is 1. The summed E-state index contributed by atoms with van der Waals surface area (Å²) < 4.78 is 39.0. The number of hydrogen-bond donors (Lipinski definition) is 3. The molecule has 11 heteroatoms. The highest BCUT2D eigenvalue weighted by molar-refractivity contribution is 7.80. The number of carbonyl (C=O) groups is 1. The lowest BCUT2D eigenvalue weighted by atomic mass is 10.2. The number of thiocarbonyl (C=S) groups is 1. The number of rotatable bonds is 5. The summed E-state index contributed by atoms with van der Waals surface area (Å²) in [5.41, 5.74) is 0.694. The molecule has 1 amide bonds. The average Bonchev–Trinajstić information content (AvgIpc) is 3.21. The molecular formula is C21H18ClF3N4OS2. The third kappa shape index (κ3) is 6.18. The van der Waals surface area contributed by atoms with Crippen molar-refractivity contribution in [2.45, 2.75) is 25.9 Å². The molecule has 3 aromatic rings. The standard InChI is InChI=1S/C21H18ClF3N4OS2/c1-11(2)19-29-17(10-32-19)18(30)26-12-3-5-13(6-4-12)27-20(31)28-14-7-8-16(22)15(9-14)21(23,24)25/h3-11H,1-2H3,(H,26,30)(H2,27,28,31). The summed E-state index contributed by atoms with van der Waals surface area (Å²) in [5, 5.41) is 10.6. The highest BCUT2D eigenvalue weighted by atomic mass is 35.5. The van der Waals surface area contributed by atoms with Crippen molar-refractivity contribution < 1.29 is 18.0 Å². The number of halogens is 4. The summed E-state index contributed by atoms with van der Waals surface area (Å²) >= 11 is 12.2. The van der Waals surface area contributed by atoms with Crippen molar-refractivity contribution in [2.24, 2.45) is 0 Å². The number of benzene rings is 2. The Morgan fingerprint density at radius 1 is 1.03 bits per heavy atom. The first kappa shape index (κ1) is 24.0. The molecule has 1 heterocycles. The van der Waals surface area contributed by atoms with E-state index in [0.29, 0.717) is 17.1 Å². The van der Waals surface area contributed by atoms with E-state index in [1.807, 2.05) is 13.8 Å². The van der Waals surface area contributed by atoms with Crippen LogP contribution in [-0.4, -0.2) is 16.0 Å². The average molecular weight is 499 g/mol. The highest BCUT2D eigenvalue weighted by Gasteiger charge is 2.33. The number of nitrogens with one attached hydrogen (secondary N) is 3. The Kier molecular flexibility index (Phi) is 7.37. The third-order valence-electron chi connectivity index (χ3n) is 4.18. The van der Waals surface area contributed by atoms with Crippen molar-refractivity contribution in [2.75, 3.05) is 16.0 Å². The summed E-state index contributed by atoms with van der Waals surface area (Å²) in [6.07, 6.45) is -4.57. The van der Waals surface area contributed by atoms with E-state index in [-0.39, 0.29) is 22.6 Å². The first-order valence-corrected chi connectivity index (χ1v) is 11.0. The maximum atomic E-state index is 13.0. The van der Waals surface area contributed by atoms with Gasteiger partial charge in [0.05, 0.1) is 15.6 Å². The fourth-order valence-corrected chi connectivity index (χ4v) is 3.88. The fourth-order valence-electron chi connectivity index (χ4n) is 2.60. The van der Waals surface area contributed by atoms with E-state index in [2.05, 4.69) is 20.9 Å². The molecule has 3 N–H and O–H groups in total. The van der Waals surface area contributed by atoms with Crippen molar-refractivity contribution >= 4 is 63.2 Å². The minimum absolute atomic E-state index is 0.0981. The Labute approximate surface area is 197 Å². The quantitative estimate of drug-likeness (QED) is 0.330. The molecule has 0 fully saturated rings. The molecule has 0 aliphatic rings. The second-order valence-corrected chi connectivity index (χ2v) is 8.73. The SMILES string of the molecule is CC(C)c1nc(C(=O)Nc2ccc(NC(=S)Nc3ccc(Cl)c(C(F)(F)F)c3)cc2)cs1. The lowest BCUT2D eigenvalue weighted by Crippen LogP contribution is -2.19. The maximum Gasteiger partial charge on any atom is 0.417 e. The van der Waals surface area contributed by atoms with Gasteiger partial charge >= 0.3 is 6.18 Å². The second-order valence-electron chi connectivity index (χ2n) is 7.03. The topological polar surface area (TPSA) is 66.0 Å². The Morgan fingerprint density at radius 3 is 2.16 bits per heavy atom. The Bertz CT molecular complexity index is 1130. The zero-order valence-electron chi connectivity index (χ0n) is 16.9. The molecule has 168 valence electrons. The summed E-state index contributed by atoms with van der Waals surface area (Å²) in [6.45, 7) is 4.02. The van der Waals surface area contributed by atoms with Gasteiger partial charge in [-0.3, -0.25) is 4.79 Å². The van der Waals surface area contributed by atoms with Crippen LogP contribution in [0.2, 0.25) is 5.02 Å². The zero-order chi connectivity index (χ0) is 23.5. The smallest absolute Gasteiger partial charge is 0.332 e. The number of hydrogen-bond acceptors (Lipinski definition) is 4. The summed E-state index contributed by atoms with van der Waals surface area (Å²) in [6, 6.07) is 10.1. The molecule has 0 radical (unpaired) electrons. The first-order valence-electron chi connectivity index (χ1n) is 9.34. The van der Waals surface area contributed by atoms with Gasteiger partial charge in [0.15, 0.2) is 5.11 Å². The molecule has 0 bridgehead atoms. The lowest BCUT2D eigenvalue weighted by molar-refractivity contribution is -0.137. The maximum absolute atomic E-state index is 13.0. The third-order valence-corrected chi connectivity index (χ3v) is 5.86. The predicted octanol–water partition coefficient (Wildman–Crippen LogP) is 7.00. The van der Waals surface area contributed by atoms with Crippen LogP contribution in [0.4, 0.5) is 30.2 Å². The molecule has 32 heavy (non-hydrogen) atoms. The molecule has 2 aromatic carbocycles. The minimum Gasteiger partial charge on any atom is -0.332 e. The van der Waals surface area contributed by atoms with Gasteiger partial charge in [-0.1, -0.05) is 25.4 Å². The monoisotopic (exact) mass is 498 g/mol. The van der Waals surface area contributed by atoms with Gasteiger partial charge in [-0.25, -0.2) is 4.98 Å². The Hall–Kier alpha value is -2.69. The number of thiazole rings is 1. The molecule has 5 nitrogen and oxygen atoms in total. The normalized spacial score (nSPS) is 11.3. The van der Waals surface area contributed by atoms with Gasteiger partial charge in [0.2, 0.25) is 0 Å². The molecule has 0 aliphatic heterocycles. The van der Waals surface area contributed by atoms with Crippen molar-refractivity contribution in [3.05, 3.63) is 69.1 Å². The van der Waals surface area contributed by atoms with E-state index in [1.165, 1.54) is 17.4 Å². The van der Waals surface area contributed by atoms with Crippen LogP contribution in [0.3, 0.4) is 0 Å². The van der Waals surface area contributed by atoms with E-state index in [0.717, 1.165) is 17.1 Å². The van der Waals surface area contributed by atoms with Gasteiger partial charge in [-0.15, -0.1) is 11.3 Å². The fraction of sp³-hybridized carbons (Fsp3) is 0.190. The molecule has 0 unspecified atom stereocenters. The summed E-state index contributed by atoms with van der Waals surface area (Å²) in [7, 11) is 0. The van der Waals surface area contributed by atoms with Crippen LogP contribution in [0, 0.1) is 0 Å². The number of amides is 1. The predicted molar refractivity (Wildman–Crippen MR) is 127 cm³/mol. The Morgan fingerprint density at radius 2 is 1.59 bits per heavy atom. The van der Waals surface area contributed by atoms with Gasteiger partial charge in [0.1, 0.15) is 5.69 Å². The lowest BCUT2D eigenvalue weighted by Gasteiger charge is -2.14. The molecule has 0 atom stereocenters. The van der Waals surface area contributed by atoms with E-state index in [1.54, 1.807) is 29.6 Å². The van der Waals surface area contributed by atoms with Crippen LogP contribution in [0.5, 0.6) is 0 Å². The van der Waals surface area contributed by atoms with Gasteiger partial charge in [0, 0.05) is 28.4 Å². The van der Waals surface area contributed by atoms with Crippen molar-refractivity contribution in [3.63, 3.8) is 0 Å². The van der Waals surface area contributed by atoms with E-state index >= 15 is 0 Å². The molecular weight excluding hydrogens is 481 g/mol. The molecule has 0 saturated carbocycles. The molecule has 0 aliphatic carbocycles. The highest BCUT2D eigenvalue weighted by Crippen LogP contribution is 2.36. The largest absolute Gasteiger partial charge is 0.417 e.